The summed E-state index contributed by atoms with van der Waals surface area (Å²) in [6, 6.07) is 13.8. The number of pyridine rings is 1. The van der Waals surface area contributed by atoms with Gasteiger partial charge in [-0.05, 0) is 61.0 Å². The maximum atomic E-state index is 13.5. The number of fused-ring (bicyclic) bond motifs is 1. The number of aromatic nitrogens is 1. The Morgan fingerprint density at radius 1 is 1.18 bits per heavy atom. The summed E-state index contributed by atoms with van der Waals surface area (Å²) < 4.78 is 23.6. The summed E-state index contributed by atoms with van der Waals surface area (Å²) in [5.41, 5.74) is 2.50. The molecule has 9 nitrogen and oxygen atoms in total. The van der Waals surface area contributed by atoms with Gasteiger partial charge in [-0.2, -0.15) is 5.26 Å². The van der Waals surface area contributed by atoms with E-state index in [-0.39, 0.29) is 27.0 Å². The zero-order chi connectivity index (χ0) is 24.8. The van der Waals surface area contributed by atoms with Crippen LogP contribution in [-0.4, -0.2) is 30.5 Å². The first-order chi connectivity index (χ1) is 16.0. The first kappa shape index (κ1) is 23.1. The summed E-state index contributed by atoms with van der Waals surface area (Å²) in [5, 5.41) is 20.2. The highest BCUT2D eigenvalue weighted by Crippen LogP contribution is 2.43. The first-order valence-electron chi connectivity index (χ1n) is 9.73. The fourth-order valence-electron chi connectivity index (χ4n) is 3.60. The van der Waals surface area contributed by atoms with E-state index in [1.165, 1.54) is 47.4 Å². The SMILES string of the molecule is Cc1cc2c(cc1C#N)C(=Cc1ccc([N+](=O)[O-])c(Cl)n1)C(=O)N2c1ccc(S(C)(=O)=O)cc1. The van der Waals surface area contributed by atoms with Crippen LogP contribution in [0.4, 0.5) is 17.1 Å². The normalized spacial score (nSPS) is 14.2. The predicted octanol–water partition coefficient (Wildman–Crippen LogP) is 4.45. The van der Waals surface area contributed by atoms with Crippen LogP contribution in [0.15, 0.2) is 53.4 Å². The lowest BCUT2D eigenvalue weighted by Gasteiger charge is -2.18. The average molecular weight is 495 g/mol. The van der Waals surface area contributed by atoms with Crippen molar-refractivity contribution in [1.82, 2.24) is 4.98 Å². The third-order valence-corrected chi connectivity index (χ3v) is 6.70. The molecule has 0 aliphatic carbocycles. The molecule has 1 aliphatic rings. The van der Waals surface area contributed by atoms with Crippen molar-refractivity contribution in [3.05, 3.63) is 86.2 Å². The maximum absolute atomic E-state index is 13.5. The predicted molar refractivity (Wildman–Crippen MR) is 126 cm³/mol. The summed E-state index contributed by atoms with van der Waals surface area (Å²) in [6.45, 7) is 1.74. The Morgan fingerprint density at radius 3 is 2.41 bits per heavy atom. The lowest BCUT2D eigenvalue weighted by Crippen LogP contribution is -2.20. The van der Waals surface area contributed by atoms with E-state index in [1.54, 1.807) is 19.1 Å². The number of rotatable bonds is 4. The van der Waals surface area contributed by atoms with Crippen LogP contribution in [0.3, 0.4) is 0 Å². The highest BCUT2D eigenvalue weighted by Gasteiger charge is 2.34. The fraction of sp³-hybridized carbons (Fsp3) is 0.0870. The van der Waals surface area contributed by atoms with E-state index < -0.39 is 20.7 Å². The molecule has 1 aliphatic heterocycles. The number of carbonyl (C=O) groups excluding carboxylic acids is 1. The van der Waals surface area contributed by atoms with E-state index >= 15 is 0 Å². The van der Waals surface area contributed by atoms with Crippen molar-refractivity contribution in [3.63, 3.8) is 0 Å². The Kier molecular flexibility index (Phi) is 5.69. The van der Waals surface area contributed by atoms with Crippen molar-refractivity contribution < 1.29 is 18.1 Å². The second-order valence-corrected chi connectivity index (χ2v) is 9.94. The lowest BCUT2D eigenvalue weighted by molar-refractivity contribution is -0.385. The van der Waals surface area contributed by atoms with E-state index in [1.807, 2.05) is 0 Å². The standard InChI is InChI=1S/C23H15ClN4O5S/c1-13-9-21-18(10-14(13)12-25)19(11-15-3-8-20(28(30)31)22(24)26-15)23(29)27(21)16-4-6-17(7-5-16)34(2,32)33/h3-11H,1-2H3. The number of amides is 1. The van der Waals surface area contributed by atoms with Crippen molar-refractivity contribution in [1.29, 1.82) is 5.26 Å². The van der Waals surface area contributed by atoms with E-state index in [0.29, 0.717) is 28.1 Å². The van der Waals surface area contributed by atoms with E-state index in [0.717, 1.165) is 6.26 Å². The number of nitro groups is 1. The van der Waals surface area contributed by atoms with E-state index in [9.17, 15) is 28.6 Å². The Balaban J connectivity index is 1.88. The van der Waals surface area contributed by atoms with Gasteiger partial charge in [0.1, 0.15) is 0 Å². The molecule has 4 rings (SSSR count). The molecule has 2 aromatic carbocycles. The van der Waals surface area contributed by atoms with Crippen molar-refractivity contribution in [2.24, 2.45) is 0 Å². The van der Waals surface area contributed by atoms with Crippen molar-refractivity contribution in [2.75, 3.05) is 11.2 Å². The third kappa shape index (κ3) is 4.03. The number of hydrogen-bond acceptors (Lipinski definition) is 7. The van der Waals surface area contributed by atoms with Gasteiger partial charge in [0, 0.05) is 23.6 Å². The zero-order valence-electron chi connectivity index (χ0n) is 17.8. The molecular formula is C23H15ClN4O5S. The van der Waals surface area contributed by atoms with Gasteiger partial charge in [0.05, 0.1) is 38.4 Å². The highest BCUT2D eigenvalue weighted by atomic mass is 35.5. The van der Waals surface area contributed by atoms with Gasteiger partial charge in [0.2, 0.25) is 5.15 Å². The van der Waals surface area contributed by atoms with Gasteiger partial charge in [0.25, 0.3) is 5.91 Å². The van der Waals surface area contributed by atoms with Gasteiger partial charge in [-0.1, -0.05) is 11.6 Å². The molecule has 0 saturated carbocycles. The van der Waals surface area contributed by atoms with Gasteiger partial charge in [-0.25, -0.2) is 13.4 Å². The molecule has 0 N–H and O–H groups in total. The van der Waals surface area contributed by atoms with Crippen molar-refractivity contribution >= 4 is 56.1 Å². The summed E-state index contributed by atoms with van der Waals surface area (Å²) in [7, 11) is -3.42. The molecular weight excluding hydrogens is 480 g/mol. The largest absolute Gasteiger partial charge is 0.306 e. The highest BCUT2D eigenvalue weighted by molar-refractivity contribution is 7.90. The van der Waals surface area contributed by atoms with Crippen LogP contribution in [0, 0.1) is 28.4 Å². The molecule has 0 fully saturated rings. The number of carbonyl (C=O) groups is 1. The van der Waals surface area contributed by atoms with Gasteiger partial charge in [-0.15, -0.1) is 0 Å². The number of anilines is 2. The first-order valence-corrected chi connectivity index (χ1v) is 12.0. The molecule has 0 atom stereocenters. The summed E-state index contributed by atoms with van der Waals surface area (Å²) in [5.74, 6) is -0.437. The Hall–Kier alpha value is -4.07. The quantitative estimate of drug-likeness (QED) is 0.226. The molecule has 0 bridgehead atoms. The van der Waals surface area contributed by atoms with Crippen LogP contribution in [0.1, 0.15) is 22.4 Å². The molecule has 11 heteroatoms. The number of sulfone groups is 1. The number of benzene rings is 2. The third-order valence-electron chi connectivity index (χ3n) is 5.29. The molecule has 34 heavy (non-hydrogen) atoms. The lowest BCUT2D eigenvalue weighted by atomic mass is 10.00. The van der Waals surface area contributed by atoms with E-state index in [4.69, 9.17) is 11.6 Å². The summed E-state index contributed by atoms with van der Waals surface area (Å²) >= 11 is 5.92. The van der Waals surface area contributed by atoms with Crippen LogP contribution in [0.5, 0.6) is 0 Å². The monoisotopic (exact) mass is 494 g/mol. The second kappa shape index (κ2) is 8.37. The van der Waals surface area contributed by atoms with Crippen LogP contribution >= 0.6 is 11.6 Å². The average Bonchev–Trinajstić information content (AvgIpc) is 3.02. The van der Waals surface area contributed by atoms with Crippen LogP contribution in [0.25, 0.3) is 11.6 Å². The van der Waals surface area contributed by atoms with Gasteiger partial charge < -0.3 is 0 Å². The molecule has 0 radical (unpaired) electrons. The minimum Gasteiger partial charge on any atom is -0.276 e. The van der Waals surface area contributed by atoms with E-state index in [2.05, 4.69) is 11.1 Å². The van der Waals surface area contributed by atoms with Gasteiger partial charge in [-0.3, -0.25) is 19.8 Å². The molecule has 1 aromatic heterocycles. The smallest absolute Gasteiger partial charge is 0.276 e. The topological polar surface area (TPSA) is 134 Å². The number of nitrogens with zero attached hydrogens (tertiary/aromatic N) is 4. The molecule has 2 heterocycles. The molecule has 0 saturated heterocycles. The zero-order valence-corrected chi connectivity index (χ0v) is 19.4. The fourth-order valence-corrected chi connectivity index (χ4v) is 4.46. The van der Waals surface area contributed by atoms with Crippen molar-refractivity contribution in [3.8, 4) is 6.07 Å². The number of halogens is 1. The van der Waals surface area contributed by atoms with Gasteiger partial charge in [0.15, 0.2) is 9.84 Å². The minimum atomic E-state index is -3.42. The number of aryl methyl sites for hydroxylation is 1. The number of hydrogen-bond donors (Lipinski definition) is 0. The van der Waals surface area contributed by atoms with Crippen molar-refractivity contribution in [2.45, 2.75) is 11.8 Å². The summed E-state index contributed by atoms with van der Waals surface area (Å²) in [4.78, 5) is 29.4. The molecule has 1 amide bonds. The Morgan fingerprint density at radius 2 is 1.85 bits per heavy atom. The second-order valence-electron chi connectivity index (χ2n) is 7.56. The van der Waals surface area contributed by atoms with Crippen LogP contribution < -0.4 is 4.90 Å². The number of nitriles is 1. The molecule has 0 spiro atoms. The molecule has 170 valence electrons. The Labute approximate surface area is 199 Å². The molecule has 0 unspecified atom stereocenters. The maximum Gasteiger partial charge on any atom is 0.306 e. The summed E-state index contributed by atoms with van der Waals surface area (Å²) in [6.07, 6.45) is 2.53. The van der Waals surface area contributed by atoms with Gasteiger partial charge >= 0.3 is 5.69 Å². The van der Waals surface area contributed by atoms with Crippen LogP contribution in [-0.2, 0) is 14.6 Å². The molecule has 3 aromatic rings. The minimum absolute atomic E-state index is 0.111. The Bertz CT molecular complexity index is 1560. The van der Waals surface area contributed by atoms with Crippen LogP contribution in [0.2, 0.25) is 5.15 Å².